The highest BCUT2D eigenvalue weighted by molar-refractivity contribution is 6.09. The Labute approximate surface area is 130 Å². The molecule has 0 radical (unpaired) electrons. The van der Waals surface area contributed by atoms with Crippen molar-refractivity contribution < 1.29 is 19.1 Å². The van der Waals surface area contributed by atoms with Crippen LogP contribution in [-0.4, -0.2) is 24.1 Å². The highest BCUT2D eigenvalue weighted by Crippen LogP contribution is 2.40. The Kier molecular flexibility index (Phi) is 4.91. The summed E-state index contributed by atoms with van der Waals surface area (Å²) in [6, 6.07) is 8.59. The third-order valence-electron chi connectivity index (χ3n) is 4.27. The van der Waals surface area contributed by atoms with Gasteiger partial charge in [-0.25, -0.2) is 4.79 Å². The first-order valence-electron chi connectivity index (χ1n) is 7.43. The molecule has 1 aliphatic rings. The summed E-state index contributed by atoms with van der Waals surface area (Å²) in [5.41, 5.74) is -0.356. The topological polar surface area (TPSA) is 60.4 Å². The molecule has 0 aromatic heterocycles. The molecule has 1 atom stereocenters. The van der Waals surface area contributed by atoms with Gasteiger partial charge in [-0.3, -0.25) is 9.59 Å². The van der Waals surface area contributed by atoms with Gasteiger partial charge in [-0.15, -0.1) is 0 Å². The number of carbonyl (C=O) groups excluding carboxylic acids is 3. The van der Waals surface area contributed by atoms with Crippen molar-refractivity contribution in [3.8, 4) is 0 Å². The van der Waals surface area contributed by atoms with Crippen LogP contribution in [0.5, 0.6) is 0 Å². The Bertz CT molecular complexity index is 603. The van der Waals surface area contributed by atoms with Crippen molar-refractivity contribution in [1.29, 1.82) is 0 Å². The zero-order valence-electron chi connectivity index (χ0n) is 12.8. The van der Waals surface area contributed by atoms with Gasteiger partial charge in [0.05, 0.1) is 5.56 Å². The standard InChI is InChI=1S/C18H20O4/c1-13(12-22-17(21)15-8-4-3-5-9-15)18(14(2)19)11-7-6-10-16(18)20/h3-5,8-9H,1,6-7,10-12H2,2H3. The number of hydrogen-bond donors (Lipinski definition) is 0. The van der Waals surface area contributed by atoms with Crippen molar-refractivity contribution in [3.05, 3.63) is 48.0 Å². The summed E-state index contributed by atoms with van der Waals surface area (Å²) in [5, 5.41) is 0. The van der Waals surface area contributed by atoms with Gasteiger partial charge in [0.15, 0.2) is 5.78 Å². The van der Waals surface area contributed by atoms with Gasteiger partial charge < -0.3 is 4.74 Å². The number of Topliss-reactive ketones (excluding diaryl/α,β-unsaturated/α-hetero) is 2. The predicted molar refractivity (Wildman–Crippen MR) is 82.5 cm³/mol. The highest BCUT2D eigenvalue weighted by atomic mass is 16.5. The molecular weight excluding hydrogens is 280 g/mol. The van der Waals surface area contributed by atoms with Crippen molar-refractivity contribution in [2.24, 2.45) is 5.41 Å². The number of benzene rings is 1. The van der Waals surface area contributed by atoms with Gasteiger partial charge in [0.25, 0.3) is 0 Å². The van der Waals surface area contributed by atoms with E-state index in [0.29, 0.717) is 24.0 Å². The molecule has 4 nitrogen and oxygen atoms in total. The normalized spacial score (nSPS) is 21.2. The molecule has 0 N–H and O–H groups in total. The molecule has 0 bridgehead atoms. The Hall–Kier alpha value is -2.23. The monoisotopic (exact) mass is 300 g/mol. The molecule has 1 aliphatic carbocycles. The minimum atomic E-state index is -1.17. The van der Waals surface area contributed by atoms with Crippen molar-refractivity contribution in [2.75, 3.05) is 6.61 Å². The summed E-state index contributed by atoms with van der Waals surface area (Å²) in [5.74, 6) is -0.798. The van der Waals surface area contributed by atoms with Crippen LogP contribution >= 0.6 is 0 Å². The lowest BCUT2D eigenvalue weighted by Gasteiger charge is -2.35. The summed E-state index contributed by atoms with van der Waals surface area (Å²) in [7, 11) is 0. The van der Waals surface area contributed by atoms with E-state index in [4.69, 9.17) is 4.74 Å². The molecule has 4 heteroatoms. The zero-order chi connectivity index (χ0) is 16.2. The highest BCUT2D eigenvalue weighted by Gasteiger charge is 2.46. The maximum Gasteiger partial charge on any atom is 0.338 e. The quantitative estimate of drug-likeness (QED) is 0.476. The van der Waals surface area contributed by atoms with Crippen LogP contribution in [-0.2, 0) is 14.3 Å². The Morgan fingerprint density at radius 2 is 1.91 bits per heavy atom. The van der Waals surface area contributed by atoms with E-state index in [2.05, 4.69) is 6.58 Å². The van der Waals surface area contributed by atoms with Crippen molar-refractivity contribution in [1.82, 2.24) is 0 Å². The van der Waals surface area contributed by atoms with Crippen molar-refractivity contribution in [3.63, 3.8) is 0 Å². The van der Waals surface area contributed by atoms with E-state index in [1.165, 1.54) is 6.92 Å². The largest absolute Gasteiger partial charge is 0.458 e. The second kappa shape index (κ2) is 6.69. The van der Waals surface area contributed by atoms with Crippen LogP contribution in [0.1, 0.15) is 43.0 Å². The van der Waals surface area contributed by atoms with E-state index in [1.54, 1.807) is 30.3 Å². The van der Waals surface area contributed by atoms with E-state index in [-0.39, 0.29) is 18.2 Å². The van der Waals surface area contributed by atoms with E-state index in [0.717, 1.165) is 12.8 Å². The van der Waals surface area contributed by atoms with Gasteiger partial charge in [-0.2, -0.15) is 0 Å². The number of esters is 1. The van der Waals surface area contributed by atoms with Gasteiger partial charge in [-0.1, -0.05) is 31.2 Å². The summed E-state index contributed by atoms with van der Waals surface area (Å²) < 4.78 is 5.22. The Morgan fingerprint density at radius 1 is 1.23 bits per heavy atom. The van der Waals surface area contributed by atoms with Crippen LogP contribution in [0.3, 0.4) is 0 Å². The lowest BCUT2D eigenvalue weighted by atomic mass is 9.66. The lowest BCUT2D eigenvalue weighted by molar-refractivity contribution is -0.139. The van der Waals surface area contributed by atoms with Gasteiger partial charge in [0, 0.05) is 6.42 Å². The number of ketones is 2. The Balaban J connectivity index is 2.08. The van der Waals surface area contributed by atoms with Gasteiger partial charge in [-0.05, 0) is 37.5 Å². The number of rotatable bonds is 5. The second-order valence-corrected chi connectivity index (χ2v) is 5.64. The molecule has 116 valence electrons. The molecule has 1 aromatic rings. The van der Waals surface area contributed by atoms with Crippen LogP contribution in [0.25, 0.3) is 0 Å². The van der Waals surface area contributed by atoms with Crippen LogP contribution in [0.15, 0.2) is 42.5 Å². The van der Waals surface area contributed by atoms with Crippen LogP contribution in [0.2, 0.25) is 0 Å². The molecule has 0 aliphatic heterocycles. The summed E-state index contributed by atoms with van der Waals surface area (Å²) in [6.07, 6.45) is 2.44. The lowest BCUT2D eigenvalue weighted by Crippen LogP contribution is -2.43. The number of hydrogen-bond acceptors (Lipinski definition) is 4. The zero-order valence-corrected chi connectivity index (χ0v) is 12.8. The number of ether oxygens (including phenoxy) is 1. The van der Waals surface area contributed by atoms with Crippen molar-refractivity contribution >= 4 is 17.5 Å². The average molecular weight is 300 g/mol. The maximum absolute atomic E-state index is 12.3. The molecule has 1 aromatic carbocycles. The molecule has 22 heavy (non-hydrogen) atoms. The minimum Gasteiger partial charge on any atom is -0.458 e. The molecule has 0 heterocycles. The van der Waals surface area contributed by atoms with E-state index < -0.39 is 11.4 Å². The fraction of sp³-hybridized carbons (Fsp3) is 0.389. The molecule has 0 amide bonds. The fourth-order valence-electron chi connectivity index (χ4n) is 2.96. The maximum atomic E-state index is 12.3. The third-order valence-corrected chi connectivity index (χ3v) is 4.27. The Morgan fingerprint density at radius 3 is 2.50 bits per heavy atom. The molecule has 1 unspecified atom stereocenters. The summed E-state index contributed by atoms with van der Waals surface area (Å²) in [6.45, 7) is 5.17. The molecule has 2 rings (SSSR count). The van der Waals surface area contributed by atoms with Gasteiger partial charge in [0.2, 0.25) is 0 Å². The molecular formula is C18H20O4. The summed E-state index contributed by atoms with van der Waals surface area (Å²) in [4.78, 5) is 36.3. The molecule has 0 spiro atoms. The smallest absolute Gasteiger partial charge is 0.338 e. The molecule has 0 saturated heterocycles. The van der Waals surface area contributed by atoms with E-state index >= 15 is 0 Å². The van der Waals surface area contributed by atoms with Gasteiger partial charge >= 0.3 is 5.97 Å². The molecule has 1 saturated carbocycles. The van der Waals surface area contributed by atoms with Crippen LogP contribution < -0.4 is 0 Å². The van der Waals surface area contributed by atoms with Gasteiger partial charge in [0.1, 0.15) is 17.8 Å². The van der Waals surface area contributed by atoms with Crippen molar-refractivity contribution in [2.45, 2.75) is 32.6 Å². The SMILES string of the molecule is C=C(COC(=O)c1ccccc1)C1(C(C)=O)CCCCC1=O. The van der Waals surface area contributed by atoms with Crippen LogP contribution in [0, 0.1) is 5.41 Å². The van der Waals surface area contributed by atoms with E-state index in [1.807, 2.05) is 0 Å². The first kappa shape index (κ1) is 16.1. The van der Waals surface area contributed by atoms with Crippen LogP contribution in [0.4, 0.5) is 0 Å². The minimum absolute atomic E-state index is 0.105. The first-order chi connectivity index (χ1) is 10.5. The second-order valence-electron chi connectivity index (χ2n) is 5.64. The number of carbonyl (C=O) groups is 3. The van der Waals surface area contributed by atoms with E-state index in [9.17, 15) is 14.4 Å². The fourth-order valence-corrected chi connectivity index (χ4v) is 2.96. The molecule has 1 fully saturated rings. The first-order valence-corrected chi connectivity index (χ1v) is 7.43. The predicted octanol–water partition coefficient (Wildman–Crippen LogP) is 3.12. The third kappa shape index (κ3) is 3.01. The summed E-state index contributed by atoms with van der Waals surface area (Å²) >= 11 is 0. The average Bonchev–Trinajstić information content (AvgIpc) is 2.53.